The number of hydrogen-bond donors (Lipinski definition) is 1. The molecule has 0 spiro atoms. The van der Waals surface area contributed by atoms with Crippen LogP contribution in [0, 0.1) is 10.5 Å². The highest BCUT2D eigenvalue weighted by Crippen LogP contribution is 2.31. The zero-order chi connectivity index (χ0) is 13.4. The Morgan fingerprint density at radius 3 is 2.50 bits per heavy atom. The number of carbonyl (C=O) groups excluding carboxylic acids is 2. The molecule has 1 saturated heterocycles. The molecule has 2 rings (SSSR count). The number of ketones is 1. The summed E-state index contributed by atoms with van der Waals surface area (Å²) >= 11 is 2.26. The van der Waals surface area contributed by atoms with E-state index < -0.39 is 5.92 Å². The van der Waals surface area contributed by atoms with Crippen LogP contribution in [0.5, 0.6) is 0 Å². The fourth-order valence-electron chi connectivity index (χ4n) is 2.55. The van der Waals surface area contributed by atoms with Crippen LogP contribution in [0.2, 0.25) is 0 Å². The molecule has 2 unspecified atom stereocenters. The molecule has 1 N–H and O–H groups in total. The van der Waals surface area contributed by atoms with Gasteiger partial charge in [-0.05, 0) is 71.7 Å². The summed E-state index contributed by atoms with van der Waals surface area (Å²) in [7, 11) is 0. The maximum atomic E-state index is 12.1. The van der Waals surface area contributed by atoms with Gasteiger partial charge in [-0.1, -0.05) is 6.92 Å². The van der Waals surface area contributed by atoms with E-state index in [1.165, 1.54) is 0 Å². The van der Waals surface area contributed by atoms with Gasteiger partial charge in [-0.15, -0.1) is 0 Å². The van der Waals surface area contributed by atoms with Crippen molar-refractivity contribution in [3.63, 3.8) is 0 Å². The lowest BCUT2D eigenvalue weighted by Crippen LogP contribution is -2.25. The molecule has 0 radical (unpaired) electrons. The molecule has 18 heavy (non-hydrogen) atoms. The van der Waals surface area contributed by atoms with Crippen LogP contribution in [0.25, 0.3) is 0 Å². The van der Waals surface area contributed by atoms with Gasteiger partial charge in [0.15, 0.2) is 5.78 Å². The highest BCUT2D eigenvalue weighted by atomic mass is 127. The van der Waals surface area contributed by atoms with Gasteiger partial charge >= 0.3 is 0 Å². The monoisotopic (exact) mass is 357 g/mol. The molecule has 1 fully saturated rings. The molecule has 0 bridgehead atoms. The molecule has 3 nitrogen and oxygen atoms in total. The molecule has 4 heteroatoms. The molecule has 1 aromatic rings. The fourth-order valence-corrected chi connectivity index (χ4v) is 3.39. The van der Waals surface area contributed by atoms with Crippen molar-refractivity contribution < 1.29 is 9.59 Å². The number of benzene rings is 1. The number of aryl methyl sites for hydroxylation is 2. The van der Waals surface area contributed by atoms with E-state index in [2.05, 4.69) is 40.9 Å². The van der Waals surface area contributed by atoms with Crippen molar-refractivity contribution in [2.24, 2.45) is 0 Å². The first kappa shape index (κ1) is 13.5. The Morgan fingerprint density at radius 1 is 1.33 bits per heavy atom. The number of amides is 1. The summed E-state index contributed by atoms with van der Waals surface area (Å²) in [6, 6.07) is 3.72. The smallest absolute Gasteiger partial charge is 0.235 e. The number of halogens is 1. The van der Waals surface area contributed by atoms with Crippen molar-refractivity contribution in [2.45, 2.75) is 39.2 Å². The fraction of sp³-hybridized carbons (Fsp3) is 0.429. The van der Waals surface area contributed by atoms with E-state index in [9.17, 15) is 9.59 Å². The Kier molecular flexibility index (Phi) is 3.75. The zero-order valence-corrected chi connectivity index (χ0v) is 12.9. The molecule has 0 saturated carbocycles. The SMILES string of the molecule is CCc1cc(I)cc(C)c1C1C(=O)NC(C)C1=O. The lowest BCUT2D eigenvalue weighted by atomic mass is 9.86. The van der Waals surface area contributed by atoms with Crippen LogP contribution in [-0.2, 0) is 16.0 Å². The van der Waals surface area contributed by atoms with E-state index in [1.54, 1.807) is 6.92 Å². The van der Waals surface area contributed by atoms with Gasteiger partial charge in [0.2, 0.25) is 5.91 Å². The van der Waals surface area contributed by atoms with Gasteiger partial charge < -0.3 is 5.32 Å². The molecule has 1 amide bonds. The Bertz CT molecular complexity index is 525. The molecule has 0 aliphatic carbocycles. The first-order chi connectivity index (χ1) is 8.45. The number of nitrogens with one attached hydrogen (secondary N) is 1. The van der Waals surface area contributed by atoms with Crippen molar-refractivity contribution in [3.8, 4) is 0 Å². The molecule has 2 atom stereocenters. The predicted molar refractivity (Wildman–Crippen MR) is 78.6 cm³/mol. The highest BCUT2D eigenvalue weighted by Gasteiger charge is 2.40. The molecule has 96 valence electrons. The van der Waals surface area contributed by atoms with Crippen LogP contribution in [0.3, 0.4) is 0 Å². The first-order valence-corrected chi connectivity index (χ1v) is 7.16. The van der Waals surface area contributed by atoms with Crippen molar-refractivity contribution in [3.05, 3.63) is 32.4 Å². The predicted octanol–water partition coefficient (Wildman–Crippen LogP) is 2.33. The first-order valence-electron chi connectivity index (χ1n) is 6.08. The van der Waals surface area contributed by atoms with Crippen LogP contribution in [-0.4, -0.2) is 17.7 Å². The van der Waals surface area contributed by atoms with Crippen molar-refractivity contribution >= 4 is 34.3 Å². The average Bonchev–Trinajstić information content (AvgIpc) is 2.54. The summed E-state index contributed by atoms with van der Waals surface area (Å²) in [6.45, 7) is 5.77. The van der Waals surface area contributed by atoms with Gasteiger partial charge in [0.05, 0.1) is 6.04 Å². The standard InChI is InChI=1S/C14H16INO2/c1-4-9-6-10(15)5-7(2)11(9)12-13(17)8(3)16-14(12)18/h5-6,8,12H,4H2,1-3H3,(H,16,18). The molecule has 1 heterocycles. The second-order valence-corrected chi connectivity index (χ2v) is 5.96. The lowest BCUT2D eigenvalue weighted by Gasteiger charge is -2.16. The quantitative estimate of drug-likeness (QED) is 0.652. The largest absolute Gasteiger partial charge is 0.346 e. The van der Waals surface area contributed by atoms with Gasteiger partial charge in [0.1, 0.15) is 5.92 Å². The number of rotatable bonds is 2. The van der Waals surface area contributed by atoms with E-state index in [-0.39, 0.29) is 17.7 Å². The van der Waals surface area contributed by atoms with Gasteiger partial charge in [-0.3, -0.25) is 9.59 Å². The third-order valence-electron chi connectivity index (χ3n) is 3.44. The molecular formula is C14H16INO2. The number of carbonyl (C=O) groups is 2. The second kappa shape index (κ2) is 4.99. The van der Waals surface area contributed by atoms with E-state index in [1.807, 2.05) is 13.0 Å². The third-order valence-corrected chi connectivity index (χ3v) is 4.06. The molecule has 1 aliphatic rings. The minimum atomic E-state index is -0.619. The summed E-state index contributed by atoms with van der Waals surface area (Å²) in [4.78, 5) is 24.1. The van der Waals surface area contributed by atoms with Crippen molar-refractivity contribution in [1.82, 2.24) is 5.32 Å². The third kappa shape index (κ3) is 2.18. The number of Topliss-reactive ketones (excluding diaryl/α,β-unsaturated/α-hetero) is 1. The van der Waals surface area contributed by atoms with E-state index in [0.717, 1.165) is 26.7 Å². The zero-order valence-electron chi connectivity index (χ0n) is 10.7. The van der Waals surface area contributed by atoms with Crippen LogP contribution in [0.15, 0.2) is 12.1 Å². The van der Waals surface area contributed by atoms with Crippen LogP contribution in [0.1, 0.15) is 36.5 Å². The van der Waals surface area contributed by atoms with E-state index >= 15 is 0 Å². The summed E-state index contributed by atoms with van der Waals surface area (Å²) in [5.41, 5.74) is 3.04. The van der Waals surface area contributed by atoms with Gasteiger partial charge in [0, 0.05) is 3.57 Å². The molecule has 0 aromatic heterocycles. The Labute approximate surface area is 120 Å². The summed E-state index contributed by atoms with van der Waals surface area (Å²) in [5.74, 6) is -0.794. The van der Waals surface area contributed by atoms with Crippen molar-refractivity contribution in [2.75, 3.05) is 0 Å². The normalized spacial score (nSPS) is 23.3. The summed E-state index contributed by atoms with van der Waals surface area (Å²) < 4.78 is 1.14. The van der Waals surface area contributed by atoms with Gasteiger partial charge in [-0.2, -0.15) is 0 Å². The highest BCUT2D eigenvalue weighted by molar-refractivity contribution is 14.1. The average molecular weight is 357 g/mol. The van der Waals surface area contributed by atoms with E-state index in [0.29, 0.717) is 0 Å². The van der Waals surface area contributed by atoms with Gasteiger partial charge in [-0.25, -0.2) is 0 Å². The maximum absolute atomic E-state index is 12.1. The Balaban J connectivity index is 2.57. The minimum Gasteiger partial charge on any atom is -0.346 e. The Morgan fingerprint density at radius 2 is 2.00 bits per heavy atom. The van der Waals surface area contributed by atoms with Crippen LogP contribution in [0.4, 0.5) is 0 Å². The van der Waals surface area contributed by atoms with Crippen LogP contribution >= 0.6 is 22.6 Å². The van der Waals surface area contributed by atoms with E-state index in [4.69, 9.17) is 0 Å². The second-order valence-electron chi connectivity index (χ2n) is 4.71. The van der Waals surface area contributed by atoms with Crippen LogP contribution < -0.4 is 5.32 Å². The minimum absolute atomic E-state index is 0.0148. The Hall–Kier alpha value is -0.910. The topological polar surface area (TPSA) is 46.2 Å². The molecule has 1 aliphatic heterocycles. The summed E-state index contributed by atoms with van der Waals surface area (Å²) in [5, 5.41) is 2.72. The van der Waals surface area contributed by atoms with Crippen molar-refractivity contribution in [1.29, 1.82) is 0 Å². The number of hydrogen-bond acceptors (Lipinski definition) is 2. The maximum Gasteiger partial charge on any atom is 0.235 e. The lowest BCUT2D eigenvalue weighted by molar-refractivity contribution is -0.124. The molecular weight excluding hydrogens is 341 g/mol. The molecule has 1 aromatic carbocycles. The van der Waals surface area contributed by atoms with Gasteiger partial charge in [0.25, 0.3) is 0 Å². The summed E-state index contributed by atoms with van der Waals surface area (Å²) in [6.07, 6.45) is 0.832.